The molecule has 0 bridgehead atoms. The van der Waals surface area contributed by atoms with Crippen molar-refractivity contribution in [3.8, 4) is 0 Å². The Balaban J connectivity index is 1.70. The molecule has 1 aliphatic heterocycles. The zero-order chi connectivity index (χ0) is 16.7. The van der Waals surface area contributed by atoms with Crippen LogP contribution >= 0.6 is 31.9 Å². The van der Waals surface area contributed by atoms with Gasteiger partial charge >= 0.3 is 0 Å². The summed E-state index contributed by atoms with van der Waals surface area (Å²) in [5, 5.41) is 3.21. The summed E-state index contributed by atoms with van der Waals surface area (Å²) >= 11 is 7.21. The average Bonchev–Trinajstić information content (AvgIpc) is 2.73. The van der Waals surface area contributed by atoms with E-state index in [0.29, 0.717) is 12.8 Å². The number of alkyl halides is 2. The third-order valence-electron chi connectivity index (χ3n) is 4.95. The van der Waals surface area contributed by atoms with E-state index in [2.05, 4.69) is 44.1 Å². The van der Waals surface area contributed by atoms with Crippen LogP contribution in [-0.2, 0) is 9.59 Å². The zero-order valence-corrected chi connectivity index (χ0v) is 16.4. The highest BCUT2D eigenvalue weighted by Gasteiger charge is 2.51. The quantitative estimate of drug-likeness (QED) is 0.573. The molecule has 0 unspecified atom stereocenters. The van der Waals surface area contributed by atoms with Crippen molar-refractivity contribution in [2.45, 2.75) is 36.3 Å². The molecule has 0 radical (unpaired) electrons. The van der Waals surface area contributed by atoms with E-state index < -0.39 is 0 Å². The number of hydrogen-bond acceptors (Lipinski definition) is 3. The molecule has 1 heterocycles. The maximum absolute atomic E-state index is 12.6. The summed E-state index contributed by atoms with van der Waals surface area (Å²) in [4.78, 5) is 27.0. The standard InChI is InChI=1S/C17H20Br2N2O2/c1-9-3-4-11(5-10(9)2)20-8-21-16(22)12-6-14(18)15(19)7-13(12)17(21)23/h3-5,12-15,20H,6-8H2,1-2H3/t12-,13-,14+,15+/m1/s1. The molecule has 2 fully saturated rings. The Labute approximate surface area is 153 Å². The molecule has 2 amide bonds. The van der Waals surface area contributed by atoms with Gasteiger partial charge in [0.05, 0.1) is 18.5 Å². The average molecular weight is 444 g/mol. The lowest BCUT2D eigenvalue weighted by molar-refractivity contribution is -0.139. The van der Waals surface area contributed by atoms with Crippen molar-refractivity contribution < 1.29 is 9.59 Å². The third kappa shape index (κ3) is 3.20. The molecule has 0 spiro atoms. The van der Waals surface area contributed by atoms with E-state index in [-0.39, 0.29) is 40.0 Å². The molecule has 6 heteroatoms. The van der Waals surface area contributed by atoms with Crippen molar-refractivity contribution in [2.75, 3.05) is 12.0 Å². The minimum Gasteiger partial charge on any atom is -0.367 e. The highest BCUT2D eigenvalue weighted by molar-refractivity contribution is 9.12. The van der Waals surface area contributed by atoms with Crippen LogP contribution in [-0.4, -0.2) is 33.0 Å². The second-order valence-corrected chi connectivity index (χ2v) is 8.81. The van der Waals surface area contributed by atoms with E-state index in [1.807, 2.05) is 25.1 Å². The first-order valence-electron chi connectivity index (χ1n) is 7.83. The van der Waals surface area contributed by atoms with Gasteiger partial charge in [0.25, 0.3) is 0 Å². The van der Waals surface area contributed by atoms with Crippen LogP contribution in [0.2, 0.25) is 0 Å². The Bertz CT molecular complexity index is 621. The SMILES string of the molecule is Cc1ccc(NCN2C(=O)[C@@H]3C[C@H](Br)[C@@H](Br)C[C@H]3C2=O)cc1C. The molecule has 1 saturated carbocycles. The summed E-state index contributed by atoms with van der Waals surface area (Å²) in [6, 6.07) is 6.05. The highest BCUT2D eigenvalue weighted by Crippen LogP contribution is 2.43. The van der Waals surface area contributed by atoms with Crippen molar-refractivity contribution in [2.24, 2.45) is 11.8 Å². The molecule has 124 valence electrons. The highest BCUT2D eigenvalue weighted by atomic mass is 79.9. The van der Waals surface area contributed by atoms with Crippen LogP contribution in [0.4, 0.5) is 5.69 Å². The van der Waals surface area contributed by atoms with Gasteiger partial charge in [-0.25, -0.2) is 0 Å². The van der Waals surface area contributed by atoms with Gasteiger partial charge in [0.15, 0.2) is 0 Å². The monoisotopic (exact) mass is 442 g/mol. The second kappa shape index (κ2) is 6.55. The Morgan fingerprint density at radius 2 is 1.61 bits per heavy atom. The van der Waals surface area contributed by atoms with Gasteiger partial charge in [-0.15, -0.1) is 0 Å². The molecule has 2 aliphatic rings. The lowest BCUT2D eigenvalue weighted by Crippen LogP contribution is -2.35. The number of nitrogens with one attached hydrogen (secondary N) is 1. The molecule has 23 heavy (non-hydrogen) atoms. The molecule has 4 atom stereocenters. The number of anilines is 1. The van der Waals surface area contributed by atoms with E-state index >= 15 is 0 Å². The number of rotatable bonds is 3. The first-order chi connectivity index (χ1) is 10.9. The summed E-state index contributed by atoms with van der Waals surface area (Å²) in [5.74, 6) is -0.440. The van der Waals surface area contributed by atoms with Gasteiger partial charge in [0.2, 0.25) is 11.8 Å². The van der Waals surface area contributed by atoms with Crippen LogP contribution in [0.25, 0.3) is 0 Å². The number of halogens is 2. The van der Waals surface area contributed by atoms with Crippen molar-refractivity contribution in [3.63, 3.8) is 0 Å². The van der Waals surface area contributed by atoms with Gasteiger partial charge in [-0.3, -0.25) is 14.5 Å². The van der Waals surface area contributed by atoms with Gasteiger partial charge in [-0.05, 0) is 49.9 Å². The summed E-state index contributed by atoms with van der Waals surface area (Å²) in [6.45, 7) is 4.35. The number of carbonyl (C=O) groups excluding carboxylic acids is 2. The van der Waals surface area contributed by atoms with Gasteiger partial charge in [0.1, 0.15) is 0 Å². The number of likely N-dealkylation sites (tertiary alicyclic amines) is 1. The molecule has 4 nitrogen and oxygen atoms in total. The maximum atomic E-state index is 12.6. The number of aryl methyl sites for hydroxylation is 2. The maximum Gasteiger partial charge on any atom is 0.234 e. The predicted octanol–water partition coefficient (Wildman–Crippen LogP) is 3.59. The molecular formula is C17H20Br2N2O2. The fourth-order valence-electron chi connectivity index (χ4n) is 3.34. The molecule has 0 aromatic heterocycles. The Morgan fingerprint density at radius 1 is 1.04 bits per heavy atom. The lowest BCUT2D eigenvalue weighted by atomic mass is 9.81. The van der Waals surface area contributed by atoms with E-state index in [9.17, 15) is 9.59 Å². The van der Waals surface area contributed by atoms with Crippen molar-refractivity contribution in [1.82, 2.24) is 4.90 Å². The first-order valence-corrected chi connectivity index (χ1v) is 9.66. The summed E-state index contributed by atoms with van der Waals surface area (Å²) < 4.78 is 0. The topological polar surface area (TPSA) is 49.4 Å². The second-order valence-electron chi connectivity index (χ2n) is 6.45. The normalized spacial score (nSPS) is 30.5. The number of amides is 2. The minimum atomic E-state index is -0.178. The van der Waals surface area contributed by atoms with E-state index in [4.69, 9.17) is 0 Å². The summed E-state index contributed by atoms with van der Waals surface area (Å²) in [6.07, 6.45) is 1.43. The molecule has 1 N–H and O–H groups in total. The van der Waals surface area contributed by atoms with Gasteiger partial charge in [-0.2, -0.15) is 0 Å². The van der Waals surface area contributed by atoms with Gasteiger partial charge in [-0.1, -0.05) is 37.9 Å². The Morgan fingerprint density at radius 3 is 2.13 bits per heavy atom. The van der Waals surface area contributed by atoms with E-state index in [1.54, 1.807) is 0 Å². The van der Waals surface area contributed by atoms with Crippen LogP contribution in [0.15, 0.2) is 18.2 Å². The van der Waals surface area contributed by atoms with Gasteiger partial charge in [0, 0.05) is 15.3 Å². The molecule has 1 aromatic rings. The van der Waals surface area contributed by atoms with E-state index in [1.165, 1.54) is 16.0 Å². The Kier molecular flexibility index (Phi) is 4.83. The fourth-order valence-corrected chi connectivity index (χ4v) is 4.58. The van der Waals surface area contributed by atoms with Crippen LogP contribution in [0.1, 0.15) is 24.0 Å². The smallest absolute Gasteiger partial charge is 0.234 e. The number of benzene rings is 1. The van der Waals surface area contributed by atoms with Crippen LogP contribution in [0.3, 0.4) is 0 Å². The lowest BCUT2D eigenvalue weighted by Gasteiger charge is -2.29. The summed E-state index contributed by atoms with van der Waals surface area (Å²) in [5.41, 5.74) is 3.34. The fraction of sp³-hybridized carbons (Fsp3) is 0.529. The molecule has 3 rings (SSSR count). The molecule has 1 aliphatic carbocycles. The van der Waals surface area contributed by atoms with E-state index in [0.717, 1.165) is 5.69 Å². The van der Waals surface area contributed by atoms with Crippen LogP contribution in [0.5, 0.6) is 0 Å². The van der Waals surface area contributed by atoms with Gasteiger partial charge < -0.3 is 5.32 Å². The molecule has 1 aromatic carbocycles. The summed E-state index contributed by atoms with van der Waals surface area (Å²) in [7, 11) is 0. The predicted molar refractivity (Wildman–Crippen MR) is 97.9 cm³/mol. The van der Waals surface area contributed by atoms with Crippen LogP contribution in [0, 0.1) is 25.7 Å². The minimum absolute atomic E-state index is 0.0415. The molecular weight excluding hydrogens is 424 g/mol. The number of fused-ring (bicyclic) bond motifs is 1. The number of imide groups is 1. The number of nitrogens with zero attached hydrogens (tertiary/aromatic N) is 1. The zero-order valence-electron chi connectivity index (χ0n) is 13.2. The molecule has 1 saturated heterocycles. The largest absolute Gasteiger partial charge is 0.367 e. The first kappa shape index (κ1) is 17.0. The van der Waals surface area contributed by atoms with Crippen molar-refractivity contribution in [3.05, 3.63) is 29.3 Å². The third-order valence-corrected chi connectivity index (χ3v) is 7.68. The van der Waals surface area contributed by atoms with Crippen LogP contribution < -0.4 is 5.32 Å². The number of hydrogen-bond donors (Lipinski definition) is 1. The number of carbonyl (C=O) groups is 2. The Hall–Kier alpha value is -0.880. The van der Waals surface area contributed by atoms with Crippen molar-refractivity contribution in [1.29, 1.82) is 0 Å². The van der Waals surface area contributed by atoms with Crippen molar-refractivity contribution >= 4 is 49.4 Å².